The van der Waals surface area contributed by atoms with Crippen molar-refractivity contribution in [3.8, 4) is 5.75 Å². The van der Waals surface area contributed by atoms with Crippen molar-refractivity contribution in [1.29, 1.82) is 0 Å². The second-order valence-electron chi connectivity index (χ2n) is 2.33. The van der Waals surface area contributed by atoms with Crippen LogP contribution in [0.4, 0.5) is 0 Å². The third-order valence-corrected chi connectivity index (χ3v) is 1.78. The molecule has 4 nitrogen and oxygen atoms in total. The number of hydrogen-bond donors (Lipinski definition) is 2. The highest BCUT2D eigenvalue weighted by atomic mass is 35.5. The van der Waals surface area contributed by atoms with Gasteiger partial charge in [-0.25, -0.2) is 0 Å². The van der Waals surface area contributed by atoms with Gasteiger partial charge in [0.05, 0.1) is 12.7 Å². The van der Waals surface area contributed by atoms with Crippen molar-refractivity contribution in [1.82, 2.24) is 0 Å². The lowest BCUT2D eigenvalue weighted by Crippen LogP contribution is -2.14. The van der Waals surface area contributed by atoms with E-state index >= 15 is 0 Å². The number of rotatable bonds is 2. The van der Waals surface area contributed by atoms with Crippen molar-refractivity contribution in [3.05, 3.63) is 28.8 Å². The number of nitrogens with zero attached hydrogens (tertiary/aromatic N) is 1. The minimum absolute atomic E-state index is 0.0284. The first-order chi connectivity index (χ1) is 6.19. The Morgan fingerprint density at radius 1 is 1.62 bits per heavy atom. The Morgan fingerprint density at radius 3 is 2.85 bits per heavy atom. The van der Waals surface area contributed by atoms with Crippen LogP contribution in [0.15, 0.2) is 23.4 Å². The molecule has 1 rings (SSSR count). The van der Waals surface area contributed by atoms with E-state index in [-0.39, 0.29) is 5.84 Å². The summed E-state index contributed by atoms with van der Waals surface area (Å²) in [5, 5.41) is 11.8. The second-order valence-corrected chi connectivity index (χ2v) is 2.77. The minimum Gasteiger partial charge on any atom is -0.496 e. The lowest BCUT2D eigenvalue weighted by molar-refractivity contribution is 0.318. The Hall–Kier alpha value is -1.42. The lowest BCUT2D eigenvalue weighted by atomic mass is 10.2. The number of amidine groups is 1. The molecule has 13 heavy (non-hydrogen) atoms. The predicted molar refractivity (Wildman–Crippen MR) is 50.5 cm³/mol. The van der Waals surface area contributed by atoms with Gasteiger partial charge in [-0.3, -0.25) is 0 Å². The largest absolute Gasteiger partial charge is 0.496 e. The van der Waals surface area contributed by atoms with Gasteiger partial charge in [0.1, 0.15) is 5.75 Å². The van der Waals surface area contributed by atoms with Gasteiger partial charge in [-0.05, 0) is 18.2 Å². The molecule has 0 fully saturated rings. The third kappa shape index (κ3) is 2.03. The summed E-state index contributed by atoms with van der Waals surface area (Å²) in [4.78, 5) is 0. The van der Waals surface area contributed by atoms with Crippen LogP contribution in [0.2, 0.25) is 5.02 Å². The minimum atomic E-state index is -0.0284. The number of benzene rings is 1. The Bertz CT molecular complexity index is 339. The quantitative estimate of drug-likeness (QED) is 0.329. The summed E-state index contributed by atoms with van der Waals surface area (Å²) in [6, 6.07) is 4.87. The summed E-state index contributed by atoms with van der Waals surface area (Å²) >= 11 is 5.73. The molecule has 0 spiro atoms. The van der Waals surface area contributed by atoms with E-state index in [0.29, 0.717) is 16.3 Å². The van der Waals surface area contributed by atoms with Gasteiger partial charge in [-0.15, -0.1) is 0 Å². The molecule has 0 atom stereocenters. The molecule has 0 bridgehead atoms. The predicted octanol–water partition coefficient (Wildman–Crippen LogP) is 1.44. The maximum absolute atomic E-state index is 8.46. The summed E-state index contributed by atoms with van der Waals surface area (Å²) in [6.45, 7) is 0. The van der Waals surface area contributed by atoms with E-state index < -0.39 is 0 Å². The zero-order chi connectivity index (χ0) is 9.84. The molecule has 5 heteroatoms. The fourth-order valence-corrected chi connectivity index (χ4v) is 1.11. The van der Waals surface area contributed by atoms with E-state index in [9.17, 15) is 0 Å². The van der Waals surface area contributed by atoms with Crippen LogP contribution in [-0.4, -0.2) is 18.2 Å². The zero-order valence-corrected chi connectivity index (χ0v) is 7.75. The van der Waals surface area contributed by atoms with E-state index in [4.69, 9.17) is 27.3 Å². The Balaban J connectivity index is 3.23. The zero-order valence-electron chi connectivity index (χ0n) is 6.99. The first-order valence-corrected chi connectivity index (χ1v) is 3.88. The van der Waals surface area contributed by atoms with Gasteiger partial charge in [-0.2, -0.15) is 0 Å². The fourth-order valence-electron chi connectivity index (χ4n) is 0.934. The average molecular weight is 201 g/mol. The maximum atomic E-state index is 8.46. The number of oxime groups is 1. The molecule has 3 N–H and O–H groups in total. The SMILES string of the molecule is COc1ccc(Cl)cc1C(N)=NO. The van der Waals surface area contributed by atoms with Crippen LogP contribution >= 0.6 is 11.6 Å². The van der Waals surface area contributed by atoms with Crippen molar-refractivity contribution in [2.75, 3.05) is 7.11 Å². The van der Waals surface area contributed by atoms with E-state index in [1.807, 2.05) is 0 Å². The topological polar surface area (TPSA) is 67.8 Å². The van der Waals surface area contributed by atoms with Crippen molar-refractivity contribution in [2.45, 2.75) is 0 Å². The molecular formula is C8H9ClN2O2. The van der Waals surface area contributed by atoms with Crippen molar-refractivity contribution < 1.29 is 9.94 Å². The number of halogens is 1. The molecule has 0 saturated heterocycles. The van der Waals surface area contributed by atoms with Crippen LogP contribution < -0.4 is 10.5 Å². The molecule has 0 amide bonds. The summed E-state index contributed by atoms with van der Waals surface area (Å²) in [5.74, 6) is 0.485. The van der Waals surface area contributed by atoms with Crippen LogP contribution in [0.5, 0.6) is 5.75 Å². The molecule has 0 saturated carbocycles. The highest BCUT2D eigenvalue weighted by Gasteiger charge is 2.07. The Morgan fingerprint density at radius 2 is 2.31 bits per heavy atom. The molecule has 1 aromatic rings. The van der Waals surface area contributed by atoms with Crippen LogP contribution in [0, 0.1) is 0 Å². The van der Waals surface area contributed by atoms with E-state index in [1.165, 1.54) is 7.11 Å². The molecule has 0 radical (unpaired) electrons. The van der Waals surface area contributed by atoms with Gasteiger partial charge in [0.2, 0.25) is 0 Å². The Kier molecular flexibility index (Phi) is 2.97. The lowest BCUT2D eigenvalue weighted by Gasteiger charge is -2.06. The highest BCUT2D eigenvalue weighted by Crippen LogP contribution is 2.21. The monoisotopic (exact) mass is 200 g/mol. The first kappa shape index (κ1) is 9.67. The van der Waals surface area contributed by atoms with Gasteiger partial charge >= 0.3 is 0 Å². The average Bonchev–Trinajstić information content (AvgIpc) is 2.16. The summed E-state index contributed by atoms with van der Waals surface area (Å²) in [7, 11) is 1.50. The Labute approximate surface area is 80.6 Å². The molecule has 70 valence electrons. The maximum Gasteiger partial charge on any atom is 0.173 e. The molecule has 0 heterocycles. The summed E-state index contributed by atoms with van der Waals surface area (Å²) in [6.07, 6.45) is 0. The van der Waals surface area contributed by atoms with Gasteiger partial charge in [0, 0.05) is 5.02 Å². The standard InChI is InChI=1S/C8H9ClN2O2/c1-13-7-3-2-5(9)4-6(7)8(10)11-12/h2-4,12H,1H3,(H2,10,11). The first-order valence-electron chi connectivity index (χ1n) is 3.50. The molecule has 0 aliphatic heterocycles. The molecule has 0 aliphatic carbocycles. The number of methoxy groups -OCH3 is 1. The smallest absolute Gasteiger partial charge is 0.173 e. The second kappa shape index (κ2) is 4.00. The molecule has 0 unspecified atom stereocenters. The van der Waals surface area contributed by atoms with Gasteiger partial charge in [-0.1, -0.05) is 16.8 Å². The van der Waals surface area contributed by atoms with Crippen LogP contribution in [0.25, 0.3) is 0 Å². The molecule has 0 aliphatic rings. The van der Waals surface area contributed by atoms with Crippen molar-refractivity contribution in [2.24, 2.45) is 10.9 Å². The van der Waals surface area contributed by atoms with Crippen molar-refractivity contribution in [3.63, 3.8) is 0 Å². The van der Waals surface area contributed by atoms with Crippen LogP contribution in [-0.2, 0) is 0 Å². The summed E-state index contributed by atoms with van der Waals surface area (Å²) in [5.41, 5.74) is 5.87. The molecule has 1 aromatic carbocycles. The number of ether oxygens (including phenoxy) is 1. The molecular weight excluding hydrogens is 192 g/mol. The fraction of sp³-hybridized carbons (Fsp3) is 0.125. The van der Waals surface area contributed by atoms with E-state index in [2.05, 4.69) is 5.16 Å². The van der Waals surface area contributed by atoms with Gasteiger partial charge in [0.25, 0.3) is 0 Å². The van der Waals surface area contributed by atoms with Crippen LogP contribution in [0.3, 0.4) is 0 Å². The third-order valence-electron chi connectivity index (χ3n) is 1.55. The summed E-state index contributed by atoms with van der Waals surface area (Å²) < 4.78 is 4.99. The number of hydrogen-bond acceptors (Lipinski definition) is 3. The molecule has 0 aromatic heterocycles. The van der Waals surface area contributed by atoms with Gasteiger partial charge < -0.3 is 15.7 Å². The number of nitrogens with two attached hydrogens (primary N) is 1. The van der Waals surface area contributed by atoms with Crippen molar-refractivity contribution >= 4 is 17.4 Å². The normalized spacial score (nSPS) is 11.4. The van der Waals surface area contributed by atoms with Gasteiger partial charge in [0.15, 0.2) is 5.84 Å². The van der Waals surface area contributed by atoms with E-state index in [0.717, 1.165) is 0 Å². The highest BCUT2D eigenvalue weighted by molar-refractivity contribution is 6.31. The van der Waals surface area contributed by atoms with Crippen LogP contribution in [0.1, 0.15) is 5.56 Å². The van der Waals surface area contributed by atoms with E-state index in [1.54, 1.807) is 18.2 Å².